The van der Waals surface area contributed by atoms with Crippen molar-refractivity contribution in [1.29, 1.82) is 0 Å². The Morgan fingerprint density at radius 2 is 1.95 bits per heavy atom. The van der Waals surface area contributed by atoms with Crippen molar-refractivity contribution in [3.8, 4) is 0 Å². The van der Waals surface area contributed by atoms with Crippen molar-refractivity contribution in [2.45, 2.75) is 18.2 Å². The summed E-state index contributed by atoms with van der Waals surface area (Å²) in [6.45, 7) is 2.89. The fourth-order valence-electron chi connectivity index (χ4n) is 1.85. The number of alkyl halides is 1. The minimum absolute atomic E-state index is 0.263. The number of thiophene rings is 1. The van der Waals surface area contributed by atoms with E-state index in [9.17, 15) is 0 Å². The van der Waals surface area contributed by atoms with Crippen molar-refractivity contribution in [3.05, 3.63) is 55.7 Å². The molecule has 4 heteroatoms. The highest BCUT2D eigenvalue weighted by Crippen LogP contribution is 2.39. The molecular formula is C15H16Br2OS. The molecule has 0 spiro atoms. The lowest BCUT2D eigenvalue weighted by Gasteiger charge is -2.09. The van der Waals surface area contributed by atoms with Crippen LogP contribution in [-0.4, -0.2) is 13.7 Å². The SMILES string of the molecule is COCCc1ccc(C(Br)c2cc(C)c(Br)s2)cc1. The van der Waals surface area contributed by atoms with Gasteiger partial charge in [-0.15, -0.1) is 11.3 Å². The molecule has 0 aliphatic heterocycles. The summed E-state index contributed by atoms with van der Waals surface area (Å²) in [7, 11) is 1.74. The Morgan fingerprint density at radius 3 is 2.47 bits per heavy atom. The Morgan fingerprint density at radius 1 is 1.26 bits per heavy atom. The zero-order valence-corrected chi connectivity index (χ0v) is 14.9. The van der Waals surface area contributed by atoms with Gasteiger partial charge in [0.1, 0.15) is 0 Å². The van der Waals surface area contributed by atoms with Crippen molar-refractivity contribution in [1.82, 2.24) is 0 Å². The number of halogens is 2. The molecule has 19 heavy (non-hydrogen) atoms. The number of aryl methyl sites for hydroxylation is 1. The van der Waals surface area contributed by atoms with E-state index in [-0.39, 0.29) is 4.83 Å². The maximum atomic E-state index is 5.10. The molecule has 2 rings (SSSR count). The van der Waals surface area contributed by atoms with Crippen LogP contribution in [0.1, 0.15) is 26.4 Å². The van der Waals surface area contributed by atoms with E-state index >= 15 is 0 Å². The van der Waals surface area contributed by atoms with Crippen LogP contribution in [0.2, 0.25) is 0 Å². The maximum Gasteiger partial charge on any atom is 0.0738 e. The Bertz CT molecular complexity index is 514. The minimum Gasteiger partial charge on any atom is -0.384 e. The van der Waals surface area contributed by atoms with Gasteiger partial charge in [-0.2, -0.15) is 0 Å². The van der Waals surface area contributed by atoms with Gasteiger partial charge in [-0.25, -0.2) is 0 Å². The van der Waals surface area contributed by atoms with Gasteiger partial charge in [0, 0.05) is 12.0 Å². The average Bonchev–Trinajstić information content (AvgIpc) is 2.76. The molecule has 0 amide bonds. The Kier molecular flexibility index (Phi) is 5.63. The van der Waals surface area contributed by atoms with Crippen LogP contribution >= 0.6 is 43.2 Å². The molecular weight excluding hydrogens is 388 g/mol. The first kappa shape index (κ1) is 15.2. The summed E-state index contributed by atoms with van der Waals surface area (Å²) in [6.07, 6.45) is 0.966. The van der Waals surface area contributed by atoms with Gasteiger partial charge in [-0.1, -0.05) is 40.2 Å². The van der Waals surface area contributed by atoms with E-state index in [0.29, 0.717) is 0 Å². The summed E-state index contributed by atoms with van der Waals surface area (Å²) in [6, 6.07) is 11.0. The maximum absolute atomic E-state index is 5.10. The smallest absolute Gasteiger partial charge is 0.0738 e. The van der Waals surface area contributed by atoms with Gasteiger partial charge >= 0.3 is 0 Å². The summed E-state index contributed by atoms with van der Waals surface area (Å²) >= 11 is 9.15. The number of hydrogen-bond donors (Lipinski definition) is 0. The summed E-state index contributed by atoms with van der Waals surface area (Å²) < 4.78 is 6.31. The number of hydrogen-bond acceptors (Lipinski definition) is 2. The predicted molar refractivity (Wildman–Crippen MR) is 89.5 cm³/mol. The van der Waals surface area contributed by atoms with Crippen LogP contribution in [0.4, 0.5) is 0 Å². The molecule has 0 N–H and O–H groups in total. The summed E-state index contributed by atoms with van der Waals surface area (Å²) in [5.41, 5.74) is 3.89. The number of benzene rings is 1. The summed E-state index contributed by atoms with van der Waals surface area (Å²) in [5.74, 6) is 0. The van der Waals surface area contributed by atoms with Crippen molar-refractivity contribution in [2.75, 3.05) is 13.7 Å². The first-order valence-electron chi connectivity index (χ1n) is 6.09. The van der Waals surface area contributed by atoms with Gasteiger partial charge in [0.05, 0.1) is 15.2 Å². The lowest BCUT2D eigenvalue weighted by atomic mass is 10.1. The van der Waals surface area contributed by atoms with Crippen molar-refractivity contribution < 1.29 is 4.74 Å². The minimum atomic E-state index is 0.263. The molecule has 1 atom stereocenters. The summed E-state index contributed by atoms with van der Waals surface area (Å²) in [5, 5.41) is 0. The molecule has 1 nitrogen and oxygen atoms in total. The molecule has 2 aromatic rings. The second kappa shape index (κ2) is 7.02. The van der Waals surface area contributed by atoms with Gasteiger partial charge in [-0.3, -0.25) is 0 Å². The van der Waals surface area contributed by atoms with Crippen molar-refractivity contribution in [2.24, 2.45) is 0 Å². The molecule has 0 fully saturated rings. The van der Waals surface area contributed by atoms with E-state index in [1.165, 1.54) is 25.4 Å². The second-order valence-corrected chi connectivity index (χ2v) is 7.77. The van der Waals surface area contributed by atoms with E-state index in [0.717, 1.165) is 13.0 Å². The van der Waals surface area contributed by atoms with Gasteiger partial charge in [0.15, 0.2) is 0 Å². The third-order valence-electron chi connectivity index (χ3n) is 2.99. The van der Waals surface area contributed by atoms with Gasteiger partial charge in [0.2, 0.25) is 0 Å². The third-order valence-corrected chi connectivity index (χ3v) is 6.52. The Labute approximate surface area is 135 Å². The zero-order valence-electron chi connectivity index (χ0n) is 11.0. The fourth-order valence-corrected chi connectivity index (χ4v) is 4.14. The number of ether oxygens (including phenoxy) is 1. The normalized spacial score (nSPS) is 12.6. The molecule has 1 unspecified atom stereocenters. The lowest BCUT2D eigenvalue weighted by Crippen LogP contribution is -1.95. The molecule has 102 valence electrons. The monoisotopic (exact) mass is 402 g/mol. The number of rotatable bonds is 5. The zero-order chi connectivity index (χ0) is 13.8. The van der Waals surface area contributed by atoms with Crippen LogP contribution in [0, 0.1) is 6.92 Å². The van der Waals surface area contributed by atoms with E-state index < -0.39 is 0 Å². The first-order valence-corrected chi connectivity index (χ1v) is 8.62. The van der Waals surface area contributed by atoms with E-state index in [1.807, 2.05) is 0 Å². The molecule has 0 aliphatic rings. The molecule has 0 bridgehead atoms. The molecule has 0 saturated carbocycles. The van der Waals surface area contributed by atoms with Gasteiger partial charge in [0.25, 0.3) is 0 Å². The molecule has 1 heterocycles. The van der Waals surface area contributed by atoms with Crippen LogP contribution in [-0.2, 0) is 11.2 Å². The molecule has 0 aliphatic carbocycles. The molecule has 0 saturated heterocycles. The highest BCUT2D eigenvalue weighted by atomic mass is 79.9. The van der Waals surface area contributed by atoms with Crippen LogP contribution < -0.4 is 0 Å². The average molecular weight is 404 g/mol. The van der Waals surface area contributed by atoms with Crippen LogP contribution in [0.3, 0.4) is 0 Å². The predicted octanol–water partition coefficient (Wildman–Crippen LogP) is 5.49. The van der Waals surface area contributed by atoms with E-state index in [2.05, 4.69) is 69.1 Å². The van der Waals surface area contributed by atoms with Gasteiger partial charge < -0.3 is 4.74 Å². The van der Waals surface area contributed by atoms with Crippen molar-refractivity contribution >= 4 is 43.2 Å². The Balaban J connectivity index is 2.13. The third kappa shape index (κ3) is 3.91. The standard InChI is InChI=1S/C15H16Br2OS/c1-10-9-13(19-15(10)17)14(16)12-5-3-11(4-6-12)7-8-18-2/h3-6,9,14H,7-8H2,1-2H3. The molecule has 0 radical (unpaired) electrons. The van der Waals surface area contributed by atoms with E-state index in [4.69, 9.17) is 4.74 Å². The first-order chi connectivity index (χ1) is 9.11. The van der Waals surface area contributed by atoms with Gasteiger partial charge in [-0.05, 0) is 52.0 Å². The lowest BCUT2D eigenvalue weighted by molar-refractivity contribution is 0.202. The van der Waals surface area contributed by atoms with Crippen LogP contribution in [0.15, 0.2) is 34.1 Å². The highest BCUT2D eigenvalue weighted by Gasteiger charge is 2.14. The topological polar surface area (TPSA) is 9.23 Å². The second-order valence-electron chi connectivity index (χ2n) is 4.45. The highest BCUT2D eigenvalue weighted by molar-refractivity contribution is 9.11. The van der Waals surface area contributed by atoms with Crippen LogP contribution in [0.25, 0.3) is 0 Å². The summed E-state index contributed by atoms with van der Waals surface area (Å²) in [4.78, 5) is 1.59. The molecule has 1 aromatic heterocycles. The fraction of sp³-hybridized carbons (Fsp3) is 0.333. The van der Waals surface area contributed by atoms with Crippen molar-refractivity contribution in [3.63, 3.8) is 0 Å². The Hall–Kier alpha value is -0.160. The largest absolute Gasteiger partial charge is 0.384 e. The van der Waals surface area contributed by atoms with Crippen LogP contribution in [0.5, 0.6) is 0 Å². The molecule has 1 aromatic carbocycles. The number of methoxy groups -OCH3 is 1. The quantitative estimate of drug-likeness (QED) is 0.599. The van der Waals surface area contributed by atoms with E-state index in [1.54, 1.807) is 18.4 Å².